The number of H-pyrrole nitrogens is 1. The maximum atomic E-state index is 11.5. The number of rotatable bonds is 4. The molecule has 5 N–H and O–H groups in total. The number of aromatic nitrogens is 3. The minimum Gasteiger partial charge on any atom is -0.368 e. The van der Waals surface area contributed by atoms with Crippen LogP contribution >= 0.6 is 11.8 Å². The van der Waals surface area contributed by atoms with Gasteiger partial charge < -0.3 is 11.5 Å². The predicted octanol–water partition coefficient (Wildman–Crippen LogP) is -0.191. The Labute approximate surface area is 115 Å². The topological polar surface area (TPSA) is 120 Å². The SMILES string of the molecule is CCn1c(SC2CCCC(N)(C(N)=O)C2)n[nH]c1=O. The lowest BCUT2D eigenvalue weighted by Crippen LogP contribution is -2.55. The monoisotopic (exact) mass is 285 g/mol. The highest BCUT2D eigenvalue weighted by Gasteiger charge is 2.38. The Morgan fingerprint density at radius 3 is 3.05 bits per heavy atom. The molecule has 2 atom stereocenters. The van der Waals surface area contributed by atoms with E-state index in [0.717, 1.165) is 12.8 Å². The molecule has 8 heteroatoms. The molecule has 1 amide bonds. The number of carbonyl (C=O) groups is 1. The Bertz CT molecular complexity index is 525. The van der Waals surface area contributed by atoms with E-state index in [9.17, 15) is 9.59 Å². The highest BCUT2D eigenvalue weighted by atomic mass is 32.2. The van der Waals surface area contributed by atoms with Gasteiger partial charge in [0.05, 0.1) is 5.54 Å². The molecule has 0 radical (unpaired) electrons. The van der Waals surface area contributed by atoms with Crippen LogP contribution in [0, 0.1) is 0 Å². The summed E-state index contributed by atoms with van der Waals surface area (Å²) in [4.78, 5) is 22.9. The maximum absolute atomic E-state index is 11.5. The Morgan fingerprint density at radius 1 is 1.68 bits per heavy atom. The van der Waals surface area contributed by atoms with E-state index in [1.54, 1.807) is 4.57 Å². The Kier molecular flexibility index (Phi) is 4.00. The van der Waals surface area contributed by atoms with Crippen LogP contribution in [0.3, 0.4) is 0 Å². The van der Waals surface area contributed by atoms with E-state index in [-0.39, 0.29) is 10.9 Å². The molecule has 1 aliphatic rings. The first-order valence-electron chi connectivity index (χ1n) is 6.37. The molecule has 1 heterocycles. The molecule has 1 aromatic rings. The third-order valence-corrected chi connectivity index (χ3v) is 4.80. The second kappa shape index (κ2) is 5.38. The van der Waals surface area contributed by atoms with Gasteiger partial charge in [0, 0.05) is 11.8 Å². The van der Waals surface area contributed by atoms with Crippen LogP contribution in [0.5, 0.6) is 0 Å². The number of hydrogen-bond donors (Lipinski definition) is 3. The molecule has 0 bridgehead atoms. The van der Waals surface area contributed by atoms with Crippen molar-refractivity contribution in [2.45, 2.75) is 55.1 Å². The van der Waals surface area contributed by atoms with Crippen LogP contribution in [0.1, 0.15) is 32.6 Å². The second-order valence-electron chi connectivity index (χ2n) is 4.91. The number of primary amides is 1. The van der Waals surface area contributed by atoms with Crippen LogP contribution in [0.25, 0.3) is 0 Å². The summed E-state index contributed by atoms with van der Waals surface area (Å²) in [5.74, 6) is -0.451. The average molecular weight is 285 g/mol. The van der Waals surface area contributed by atoms with Crippen molar-refractivity contribution in [2.24, 2.45) is 11.5 Å². The summed E-state index contributed by atoms with van der Waals surface area (Å²) in [6.45, 7) is 2.45. The Hall–Kier alpha value is -1.28. The molecule has 1 aromatic heterocycles. The maximum Gasteiger partial charge on any atom is 0.343 e. The molecular formula is C11H19N5O2S. The van der Waals surface area contributed by atoms with Crippen molar-refractivity contribution in [3.63, 3.8) is 0 Å². The van der Waals surface area contributed by atoms with Crippen LogP contribution in [-0.2, 0) is 11.3 Å². The molecule has 1 saturated carbocycles. The summed E-state index contributed by atoms with van der Waals surface area (Å²) >= 11 is 1.49. The van der Waals surface area contributed by atoms with Gasteiger partial charge in [-0.05, 0) is 32.6 Å². The molecule has 1 fully saturated rings. The highest BCUT2D eigenvalue weighted by Crippen LogP contribution is 2.36. The Morgan fingerprint density at radius 2 is 2.42 bits per heavy atom. The quantitative estimate of drug-likeness (QED) is 0.708. The number of nitrogens with zero attached hydrogens (tertiary/aromatic N) is 2. The normalized spacial score (nSPS) is 27.4. The van der Waals surface area contributed by atoms with E-state index in [0.29, 0.717) is 24.5 Å². The molecule has 1 aliphatic carbocycles. The van der Waals surface area contributed by atoms with Gasteiger partial charge in [-0.25, -0.2) is 9.89 Å². The molecule has 0 spiro atoms. The van der Waals surface area contributed by atoms with E-state index < -0.39 is 11.4 Å². The molecule has 106 valence electrons. The van der Waals surface area contributed by atoms with Crippen molar-refractivity contribution in [2.75, 3.05) is 0 Å². The molecule has 19 heavy (non-hydrogen) atoms. The third kappa shape index (κ3) is 2.84. The van der Waals surface area contributed by atoms with Gasteiger partial charge in [0.2, 0.25) is 5.91 Å². The van der Waals surface area contributed by atoms with Crippen molar-refractivity contribution in [3.05, 3.63) is 10.5 Å². The van der Waals surface area contributed by atoms with Crippen LogP contribution < -0.4 is 17.2 Å². The standard InChI is InChI=1S/C11H19N5O2S/c1-2-16-9(18)14-15-10(16)19-7-4-3-5-11(13,6-7)8(12)17/h7H,2-6,13H2,1H3,(H2,12,17)(H,14,18). The smallest absolute Gasteiger partial charge is 0.343 e. The fourth-order valence-electron chi connectivity index (χ4n) is 2.40. The summed E-state index contributed by atoms with van der Waals surface area (Å²) < 4.78 is 1.57. The zero-order valence-corrected chi connectivity index (χ0v) is 11.7. The van der Waals surface area contributed by atoms with Gasteiger partial charge in [-0.2, -0.15) is 0 Å². The zero-order valence-electron chi connectivity index (χ0n) is 10.9. The molecule has 2 unspecified atom stereocenters. The third-order valence-electron chi connectivity index (χ3n) is 3.54. The van der Waals surface area contributed by atoms with Gasteiger partial charge in [0.1, 0.15) is 0 Å². The fraction of sp³-hybridized carbons (Fsp3) is 0.727. The number of nitrogens with one attached hydrogen (secondary N) is 1. The van der Waals surface area contributed by atoms with Crippen LogP contribution in [0.2, 0.25) is 0 Å². The lowest BCUT2D eigenvalue weighted by atomic mass is 9.82. The molecule has 2 rings (SSSR count). The number of aromatic amines is 1. The number of carbonyl (C=O) groups excluding carboxylic acids is 1. The molecular weight excluding hydrogens is 266 g/mol. The first-order chi connectivity index (χ1) is 8.96. The summed E-state index contributed by atoms with van der Waals surface area (Å²) in [6, 6.07) is 0. The van der Waals surface area contributed by atoms with Crippen molar-refractivity contribution in [1.82, 2.24) is 14.8 Å². The number of hydrogen-bond acceptors (Lipinski definition) is 5. The van der Waals surface area contributed by atoms with Gasteiger partial charge >= 0.3 is 5.69 Å². The summed E-state index contributed by atoms with van der Waals surface area (Å²) in [5, 5.41) is 7.24. The molecule has 0 aliphatic heterocycles. The van der Waals surface area contributed by atoms with Crippen molar-refractivity contribution in [3.8, 4) is 0 Å². The largest absolute Gasteiger partial charge is 0.368 e. The van der Waals surface area contributed by atoms with Gasteiger partial charge in [-0.1, -0.05) is 11.8 Å². The van der Waals surface area contributed by atoms with E-state index in [1.165, 1.54) is 11.8 Å². The van der Waals surface area contributed by atoms with E-state index >= 15 is 0 Å². The van der Waals surface area contributed by atoms with Crippen molar-refractivity contribution in [1.29, 1.82) is 0 Å². The minimum absolute atomic E-state index is 0.159. The van der Waals surface area contributed by atoms with Gasteiger partial charge in [0.25, 0.3) is 0 Å². The van der Waals surface area contributed by atoms with Crippen molar-refractivity contribution < 1.29 is 4.79 Å². The molecule has 7 nitrogen and oxygen atoms in total. The first kappa shape index (κ1) is 14.1. The van der Waals surface area contributed by atoms with Crippen LogP contribution in [0.15, 0.2) is 9.95 Å². The number of nitrogens with two attached hydrogens (primary N) is 2. The summed E-state index contributed by atoms with van der Waals surface area (Å²) in [5.41, 5.74) is 10.3. The Balaban J connectivity index is 2.11. The second-order valence-corrected chi connectivity index (χ2v) is 6.18. The number of amides is 1. The fourth-order valence-corrected chi connectivity index (χ4v) is 3.80. The van der Waals surface area contributed by atoms with Gasteiger partial charge in [0.15, 0.2) is 5.16 Å². The molecule has 0 aromatic carbocycles. The van der Waals surface area contributed by atoms with E-state index in [1.807, 2.05) is 6.92 Å². The van der Waals surface area contributed by atoms with Crippen molar-refractivity contribution >= 4 is 17.7 Å². The predicted molar refractivity (Wildman–Crippen MR) is 72.7 cm³/mol. The zero-order chi connectivity index (χ0) is 14.0. The van der Waals surface area contributed by atoms with Crippen LogP contribution in [-0.4, -0.2) is 31.5 Å². The highest BCUT2D eigenvalue weighted by molar-refractivity contribution is 7.99. The number of thioether (sulfide) groups is 1. The van der Waals surface area contributed by atoms with Gasteiger partial charge in [-0.3, -0.25) is 9.36 Å². The van der Waals surface area contributed by atoms with E-state index in [2.05, 4.69) is 10.2 Å². The average Bonchev–Trinajstić information content (AvgIpc) is 2.70. The van der Waals surface area contributed by atoms with Gasteiger partial charge in [-0.15, -0.1) is 5.10 Å². The lowest BCUT2D eigenvalue weighted by Gasteiger charge is -2.34. The van der Waals surface area contributed by atoms with Crippen LogP contribution in [0.4, 0.5) is 0 Å². The van der Waals surface area contributed by atoms with E-state index in [4.69, 9.17) is 11.5 Å². The summed E-state index contributed by atoms with van der Waals surface area (Å²) in [7, 11) is 0. The molecule has 0 saturated heterocycles. The lowest BCUT2D eigenvalue weighted by molar-refractivity contribution is -0.124. The minimum atomic E-state index is -0.927. The first-order valence-corrected chi connectivity index (χ1v) is 7.25. The summed E-state index contributed by atoms with van der Waals surface area (Å²) in [6.07, 6.45) is 2.96.